The van der Waals surface area contributed by atoms with Gasteiger partial charge in [0, 0.05) is 43.8 Å². The first kappa shape index (κ1) is 11.5. The number of hydrogen-bond donors (Lipinski definition) is 2. The van der Waals surface area contributed by atoms with Gasteiger partial charge in [-0.3, -0.25) is 10.1 Å². The number of phenols is 1. The Kier molecular flexibility index (Phi) is 4.30. The fraction of sp³-hybridized carbons (Fsp3) is 0. The van der Waals surface area contributed by atoms with Crippen LogP contribution in [0, 0.1) is 10.1 Å². The van der Waals surface area contributed by atoms with Gasteiger partial charge in [0.2, 0.25) is 5.75 Å². The zero-order valence-electron chi connectivity index (χ0n) is 6.23. The van der Waals surface area contributed by atoms with Gasteiger partial charge in [-0.15, -0.1) is 0 Å². The average molecular weight is 194 g/mol. The van der Waals surface area contributed by atoms with Crippen LogP contribution in [0.2, 0.25) is 0 Å². The van der Waals surface area contributed by atoms with Crippen LogP contribution in [-0.2, 0) is 0 Å². The first-order valence-electron chi connectivity index (χ1n) is 2.85. The van der Waals surface area contributed by atoms with Crippen molar-refractivity contribution in [3.05, 3.63) is 28.3 Å². The van der Waals surface area contributed by atoms with Crippen LogP contribution >= 0.6 is 0 Å². The zero-order valence-corrected chi connectivity index (χ0v) is 8.44. The summed E-state index contributed by atoms with van der Waals surface area (Å²) in [4.78, 5) is 9.48. The van der Waals surface area contributed by atoms with Gasteiger partial charge in [0.1, 0.15) is 0 Å². The van der Waals surface area contributed by atoms with E-state index >= 15 is 0 Å². The molecule has 12 heavy (non-hydrogen) atoms. The summed E-state index contributed by atoms with van der Waals surface area (Å²) in [7, 11) is 0. The molecule has 3 N–H and O–H groups in total. The van der Waals surface area contributed by atoms with Crippen molar-refractivity contribution in [2.24, 2.45) is 0 Å². The molecular formula is C6H6CaN2O3. The molecule has 60 valence electrons. The Morgan fingerprint density at radius 1 is 1.50 bits per heavy atom. The molecule has 0 aliphatic carbocycles. The van der Waals surface area contributed by atoms with Crippen molar-refractivity contribution in [2.75, 3.05) is 5.73 Å². The Hall–Kier alpha value is -0.520. The van der Waals surface area contributed by atoms with Gasteiger partial charge in [0.05, 0.1) is 10.6 Å². The van der Waals surface area contributed by atoms with E-state index in [9.17, 15) is 10.1 Å². The van der Waals surface area contributed by atoms with E-state index in [1.165, 1.54) is 18.2 Å². The second-order valence-corrected chi connectivity index (χ2v) is 1.97. The smallest absolute Gasteiger partial charge is 0.312 e. The van der Waals surface area contributed by atoms with Gasteiger partial charge in [-0.2, -0.15) is 0 Å². The number of rotatable bonds is 1. The molecule has 0 saturated carbocycles. The molecule has 6 heteroatoms. The quantitative estimate of drug-likeness (QED) is 0.224. The van der Waals surface area contributed by atoms with E-state index in [0.29, 0.717) is 0 Å². The minimum atomic E-state index is -0.689. The minimum Gasteiger partial charge on any atom is -0.501 e. The first-order valence-corrected chi connectivity index (χ1v) is 2.85. The zero-order chi connectivity index (χ0) is 8.43. The van der Waals surface area contributed by atoms with Crippen molar-refractivity contribution in [1.82, 2.24) is 0 Å². The summed E-state index contributed by atoms with van der Waals surface area (Å²) < 4.78 is 0. The molecular weight excluding hydrogens is 188 g/mol. The molecule has 0 spiro atoms. The van der Waals surface area contributed by atoms with Gasteiger partial charge < -0.3 is 10.8 Å². The third kappa shape index (κ3) is 2.23. The Balaban J connectivity index is 0.00000121. The maximum atomic E-state index is 10.2. The summed E-state index contributed by atoms with van der Waals surface area (Å²) in [5.41, 5.74) is 4.85. The van der Waals surface area contributed by atoms with E-state index in [-0.39, 0.29) is 49.1 Å². The summed E-state index contributed by atoms with van der Waals surface area (Å²) >= 11 is 0. The van der Waals surface area contributed by atoms with Gasteiger partial charge in [-0.1, -0.05) is 6.07 Å². The molecule has 1 aromatic carbocycles. The normalized spacial score (nSPS) is 8.67. The molecule has 1 aromatic rings. The molecule has 0 unspecified atom stereocenters. The molecule has 0 saturated heterocycles. The summed E-state index contributed by atoms with van der Waals surface area (Å²) in [6.07, 6.45) is 0. The molecule has 0 aliphatic heterocycles. The van der Waals surface area contributed by atoms with Crippen LogP contribution in [0.1, 0.15) is 0 Å². The summed E-state index contributed by atoms with van der Waals surface area (Å²) in [6.45, 7) is 0. The van der Waals surface area contributed by atoms with E-state index in [1.54, 1.807) is 0 Å². The van der Waals surface area contributed by atoms with Crippen LogP contribution in [0.15, 0.2) is 18.2 Å². The second kappa shape index (κ2) is 4.49. The monoisotopic (exact) mass is 194 g/mol. The number of nitrogens with two attached hydrogens (primary N) is 1. The maximum absolute atomic E-state index is 10.2. The number of nitro groups is 1. The number of phenolic OH excluding ortho intramolecular Hbond substituents is 1. The number of benzene rings is 1. The topological polar surface area (TPSA) is 89.4 Å². The number of para-hydroxylation sites is 1. The number of anilines is 1. The number of aromatic hydroxyl groups is 1. The van der Waals surface area contributed by atoms with E-state index in [4.69, 9.17) is 10.8 Å². The van der Waals surface area contributed by atoms with Crippen molar-refractivity contribution in [1.29, 1.82) is 0 Å². The minimum absolute atomic E-state index is 0. The molecule has 1 rings (SSSR count). The van der Waals surface area contributed by atoms with Gasteiger partial charge in [-0.25, -0.2) is 0 Å². The van der Waals surface area contributed by atoms with Crippen molar-refractivity contribution in [3.63, 3.8) is 0 Å². The molecule has 0 aliphatic rings. The average Bonchev–Trinajstić information content (AvgIpc) is 1.94. The number of nitrogens with zero attached hydrogens (tertiary/aromatic N) is 1. The molecule has 0 bridgehead atoms. The van der Waals surface area contributed by atoms with Gasteiger partial charge in [-0.05, 0) is 6.07 Å². The summed E-state index contributed by atoms with van der Waals surface area (Å²) in [5, 5.41) is 19.2. The Labute approximate surface area is 98.3 Å². The predicted molar refractivity (Wildman–Crippen MR) is 44.9 cm³/mol. The van der Waals surface area contributed by atoms with E-state index in [0.717, 1.165) is 0 Å². The third-order valence-corrected chi connectivity index (χ3v) is 1.24. The first-order chi connectivity index (χ1) is 5.13. The standard InChI is InChI=1S/C6H6N2O3.Ca/c7-4-2-1-3-5(6(4)9)8(10)11;/h1-3,9H,7H2;. The van der Waals surface area contributed by atoms with Crippen molar-refractivity contribution in [3.8, 4) is 5.75 Å². The van der Waals surface area contributed by atoms with Crippen LogP contribution in [0.25, 0.3) is 0 Å². The predicted octanol–water partition coefficient (Wildman–Crippen LogP) is 0.502. The fourth-order valence-corrected chi connectivity index (χ4v) is 0.696. The maximum Gasteiger partial charge on any atom is 0.312 e. The van der Waals surface area contributed by atoms with Gasteiger partial charge in [0.15, 0.2) is 0 Å². The van der Waals surface area contributed by atoms with Crippen molar-refractivity contribution < 1.29 is 10.0 Å². The van der Waals surface area contributed by atoms with E-state index in [1.807, 2.05) is 0 Å². The number of hydrogen-bond acceptors (Lipinski definition) is 4. The molecule has 2 radical (unpaired) electrons. The number of nitrogen functional groups attached to an aromatic ring is 1. The van der Waals surface area contributed by atoms with Crippen LogP contribution < -0.4 is 5.73 Å². The molecule has 0 amide bonds. The SMILES string of the molecule is Nc1cccc([N+](=O)[O-])c1O.[Ca]. The van der Waals surface area contributed by atoms with Crippen LogP contribution in [0.3, 0.4) is 0 Å². The Morgan fingerprint density at radius 2 is 2.08 bits per heavy atom. The van der Waals surface area contributed by atoms with E-state index in [2.05, 4.69) is 0 Å². The Bertz CT molecular complexity index is 303. The fourth-order valence-electron chi connectivity index (χ4n) is 0.696. The van der Waals surface area contributed by atoms with Crippen LogP contribution in [0.4, 0.5) is 11.4 Å². The van der Waals surface area contributed by atoms with Gasteiger partial charge in [0.25, 0.3) is 0 Å². The molecule has 0 aromatic heterocycles. The summed E-state index contributed by atoms with van der Waals surface area (Å²) in [6, 6.07) is 3.99. The van der Waals surface area contributed by atoms with Crippen LogP contribution in [-0.4, -0.2) is 47.8 Å². The number of nitro benzene ring substituents is 1. The largest absolute Gasteiger partial charge is 0.501 e. The van der Waals surface area contributed by atoms with Crippen molar-refractivity contribution in [2.45, 2.75) is 0 Å². The third-order valence-electron chi connectivity index (χ3n) is 1.24. The van der Waals surface area contributed by atoms with Crippen LogP contribution in [0.5, 0.6) is 5.75 Å². The van der Waals surface area contributed by atoms with E-state index < -0.39 is 10.7 Å². The molecule has 0 atom stereocenters. The molecule has 5 nitrogen and oxygen atoms in total. The summed E-state index contributed by atoms with van der Waals surface area (Å²) in [5.74, 6) is -0.475. The van der Waals surface area contributed by atoms with Gasteiger partial charge >= 0.3 is 5.69 Å². The Morgan fingerprint density at radius 3 is 2.50 bits per heavy atom. The second-order valence-electron chi connectivity index (χ2n) is 1.97. The molecule has 0 fully saturated rings. The molecule has 0 heterocycles. The van der Waals surface area contributed by atoms with Crippen molar-refractivity contribution >= 4 is 49.1 Å².